The molecule has 0 aliphatic rings. The second kappa shape index (κ2) is 6.92. The Kier molecular flexibility index (Phi) is 4.41. The highest BCUT2D eigenvalue weighted by Gasteiger charge is 2.15. The van der Waals surface area contributed by atoms with Crippen LogP contribution in [0.4, 0.5) is 0 Å². The fraction of sp³-hybridized carbons (Fsp3) is 0.231. The third kappa shape index (κ3) is 3.20. The van der Waals surface area contributed by atoms with E-state index in [-0.39, 0.29) is 11.0 Å². The predicted octanol–water partition coefficient (Wildman–Crippen LogP) is 5.16. The lowest BCUT2D eigenvalue weighted by Gasteiger charge is -2.20. The minimum Gasteiger partial charge on any atom is -0.318 e. The third-order valence-electron chi connectivity index (χ3n) is 5.89. The Hall–Kier alpha value is -3.18. The van der Waals surface area contributed by atoms with Gasteiger partial charge >= 0.3 is 0 Å². The smallest absolute Gasteiger partial charge is 0.274 e. The van der Waals surface area contributed by atoms with E-state index in [2.05, 4.69) is 74.5 Å². The molecule has 31 heavy (non-hydrogen) atoms. The second-order valence-electron chi connectivity index (χ2n) is 9.09. The molecule has 0 spiro atoms. The molecular formula is C26H25N3OS. The molecule has 0 radical (unpaired) electrons. The van der Waals surface area contributed by atoms with Crippen molar-refractivity contribution in [2.75, 3.05) is 0 Å². The van der Waals surface area contributed by atoms with Gasteiger partial charge in [0.15, 0.2) is 4.96 Å². The standard InChI is InChI=1S/C26H25N3OS/c1-16-14-18(17(2)28(16)20-12-10-19(11-13-20)26(3,4)5)15-23-24(30)29-22-9-7-6-8-21(22)27-25(29)31-23/h6-15H,1-5H3/b23-15-. The summed E-state index contributed by atoms with van der Waals surface area (Å²) in [5.41, 5.74) is 7.62. The highest BCUT2D eigenvalue weighted by Crippen LogP contribution is 2.26. The molecule has 5 heteroatoms. The van der Waals surface area contributed by atoms with E-state index in [1.165, 1.54) is 16.9 Å². The molecule has 0 atom stereocenters. The van der Waals surface area contributed by atoms with Crippen LogP contribution in [0.15, 0.2) is 59.4 Å². The molecule has 0 aliphatic heterocycles. The molecule has 0 aliphatic carbocycles. The fourth-order valence-electron chi connectivity index (χ4n) is 4.19. The van der Waals surface area contributed by atoms with Crippen LogP contribution in [0.1, 0.15) is 43.3 Å². The molecule has 2 aromatic carbocycles. The molecule has 0 bridgehead atoms. The summed E-state index contributed by atoms with van der Waals surface area (Å²) >= 11 is 1.44. The van der Waals surface area contributed by atoms with Gasteiger partial charge in [-0.15, -0.1) is 0 Å². The average Bonchev–Trinajstić information content (AvgIpc) is 3.32. The van der Waals surface area contributed by atoms with Gasteiger partial charge in [0.2, 0.25) is 0 Å². The summed E-state index contributed by atoms with van der Waals surface area (Å²) in [6.45, 7) is 10.9. The van der Waals surface area contributed by atoms with E-state index in [0.29, 0.717) is 4.53 Å². The number of rotatable bonds is 2. The lowest BCUT2D eigenvalue weighted by molar-refractivity contribution is 0.590. The summed E-state index contributed by atoms with van der Waals surface area (Å²) in [5.74, 6) is 0. The van der Waals surface area contributed by atoms with Crippen molar-refractivity contribution in [3.8, 4) is 5.69 Å². The summed E-state index contributed by atoms with van der Waals surface area (Å²) in [7, 11) is 0. The van der Waals surface area contributed by atoms with Crippen LogP contribution >= 0.6 is 11.3 Å². The van der Waals surface area contributed by atoms with E-state index < -0.39 is 0 Å². The lowest BCUT2D eigenvalue weighted by atomic mass is 9.87. The number of fused-ring (bicyclic) bond motifs is 3. The van der Waals surface area contributed by atoms with Gasteiger partial charge in [0.25, 0.3) is 5.56 Å². The molecule has 3 heterocycles. The van der Waals surface area contributed by atoms with Crippen molar-refractivity contribution in [1.82, 2.24) is 14.0 Å². The van der Waals surface area contributed by atoms with Crippen LogP contribution in [0.25, 0.3) is 27.8 Å². The molecule has 0 saturated carbocycles. The fourth-order valence-corrected chi connectivity index (χ4v) is 5.17. The van der Waals surface area contributed by atoms with Crippen molar-refractivity contribution in [2.45, 2.75) is 40.0 Å². The monoisotopic (exact) mass is 427 g/mol. The van der Waals surface area contributed by atoms with Crippen LogP contribution in [-0.2, 0) is 5.41 Å². The Morgan fingerprint density at radius 3 is 2.42 bits per heavy atom. The maximum atomic E-state index is 13.1. The number of thiazole rings is 1. The van der Waals surface area contributed by atoms with Crippen LogP contribution in [-0.4, -0.2) is 14.0 Å². The Labute approximate surface area is 185 Å². The number of aryl methyl sites for hydroxylation is 1. The molecule has 5 rings (SSSR count). The number of para-hydroxylation sites is 2. The van der Waals surface area contributed by atoms with Crippen molar-refractivity contribution < 1.29 is 0 Å². The van der Waals surface area contributed by atoms with Gasteiger partial charge in [-0.25, -0.2) is 9.38 Å². The summed E-state index contributed by atoms with van der Waals surface area (Å²) in [6.07, 6.45) is 2.00. The van der Waals surface area contributed by atoms with Gasteiger partial charge in [0, 0.05) is 17.1 Å². The molecule has 0 saturated heterocycles. The van der Waals surface area contributed by atoms with E-state index in [1.54, 1.807) is 4.40 Å². The van der Waals surface area contributed by atoms with Crippen molar-refractivity contribution in [1.29, 1.82) is 0 Å². The number of hydrogen-bond acceptors (Lipinski definition) is 3. The first kappa shape index (κ1) is 19.8. The van der Waals surface area contributed by atoms with Crippen LogP contribution < -0.4 is 10.1 Å². The number of nitrogens with zero attached hydrogens (tertiary/aromatic N) is 3. The first-order chi connectivity index (χ1) is 14.7. The molecule has 156 valence electrons. The SMILES string of the molecule is Cc1cc(/C=c2\sc3nc4ccccc4n3c2=O)c(C)n1-c1ccc(C(C)(C)C)cc1. The largest absolute Gasteiger partial charge is 0.318 e. The van der Waals surface area contributed by atoms with Gasteiger partial charge < -0.3 is 4.57 Å². The van der Waals surface area contributed by atoms with E-state index >= 15 is 0 Å². The highest BCUT2D eigenvalue weighted by atomic mass is 32.1. The molecule has 3 aromatic heterocycles. The van der Waals surface area contributed by atoms with Crippen molar-refractivity contribution in [2.24, 2.45) is 0 Å². The first-order valence-corrected chi connectivity index (χ1v) is 11.3. The Bertz CT molecular complexity index is 1540. The maximum absolute atomic E-state index is 13.1. The Morgan fingerprint density at radius 1 is 1.00 bits per heavy atom. The minimum atomic E-state index is -0.00645. The molecule has 0 fully saturated rings. The third-order valence-corrected chi connectivity index (χ3v) is 6.86. The first-order valence-electron chi connectivity index (χ1n) is 10.5. The number of hydrogen-bond donors (Lipinski definition) is 0. The zero-order chi connectivity index (χ0) is 21.9. The molecule has 0 N–H and O–H groups in total. The van der Waals surface area contributed by atoms with Gasteiger partial charge in [-0.05, 0) is 66.8 Å². The molecule has 5 aromatic rings. The summed E-state index contributed by atoms with van der Waals surface area (Å²) in [5, 5.41) is 0. The van der Waals surface area contributed by atoms with E-state index in [4.69, 9.17) is 0 Å². The normalized spacial score (nSPS) is 13.0. The average molecular weight is 428 g/mol. The summed E-state index contributed by atoms with van der Waals surface area (Å²) in [6, 6.07) is 18.7. The Morgan fingerprint density at radius 2 is 1.71 bits per heavy atom. The van der Waals surface area contributed by atoms with Crippen molar-refractivity contribution >= 4 is 33.4 Å². The van der Waals surface area contributed by atoms with Crippen LogP contribution in [0, 0.1) is 13.8 Å². The van der Waals surface area contributed by atoms with Gasteiger partial charge in [-0.2, -0.15) is 0 Å². The predicted molar refractivity (Wildman–Crippen MR) is 130 cm³/mol. The van der Waals surface area contributed by atoms with E-state index in [9.17, 15) is 4.79 Å². The molecule has 0 unspecified atom stereocenters. The van der Waals surface area contributed by atoms with E-state index in [0.717, 1.165) is 38.6 Å². The minimum absolute atomic E-state index is 0.00645. The molecule has 0 amide bonds. The number of benzene rings is 2. The van der Waals surface area contributed by atoms with Gasteiger partial charge in [0.1, 0.15) is 0 Å². The van der Waals surface area contributed by atoms with Gasteiger partial charge in [-0.3, -0.25) is 4.79 Å². The quantitative estimate of drug-likeness (QED) is 0.390. The lowest BCUT2D eigenvalue weighted by Crippen LogP contribution is -2.22. The number of aromatic nitrogens is 3. The topological polar surface area (TPSA) is 39.3 Å². The van der Waals surface area contributed by atoms with Crippen LogP contribution in [0.3, 0.4) is 0 Å². The van der Waals surface area contributed by atoms with Crippen LogP contribution in [0.5, 0.6) is 0 Å². The molecular weight excluding hydrogens is 402 g/mol. The second-order valence-corrected chi connectivity index (χ2v) is 10.1. The zero-order valence-corrected chi connectivity index (χ0v) is 19.2. The van der Waals surface area contributed by atoms with Crippen molar-refractivity contribution in [3.63, 3.8) is 0 Å². The zero-order valence-electron chi connectivity index (χ0n) is 18.4. The van der Waals surface area contributed by atoms with Gasteiger partial charge in [0.05, 0.1) is 15.6 Å². The van der Waals surface area contributed by atoms with Crippen LogP contribution in [0.2, 0.25) is 0 Å². The summed E-state index contributed by atoms with van der Waals surface area (Å²) in [4.78, 5) is 18.5. The van der Waals surface area contributed by atoms with Gasteiger partial charge in [-0.1, -0.05) is 56.4 Å². The van der Waals surface area contributed by atoms with E-state index in [1.807, 2.05) is 30.3 Å². The molecule has 4 nitrogen and oxygen atoms in total. The number of imidazole rings is 1. The summed E-state index contributed by atoms with van der Waals surface area (Å²) < 4.78 is 4.67. The highest BCUT2D eigenvalue weighted by molar-refractivity contribution is 7.15. The Balaban J connectivity index is 1.62. The maximum Gasteiger partial charge on any atom is 0.274 e. The van der Waals surface area contributed by atoms with Crippen molar-refractivity contribution in [3.05, 3.63) is 92.0 Å².